The van der Waals surface area contributed by atoms with Crippen LogP contribution in [0.15, 0.2) is 36.4 Å². The van der Waals surface area contributed by atoms with E-state index in [9.17, 15) is 0 Å². The Balaban J connectivity index is 2.14. The Bertz CT molecular complexity index is 814. The molecule has 0 amide bonds. The van der Waals surface area contributed by atoms with Crippen LogP contribution < -0.4 is 5.73 Å². The number of nitrogens with two attached hydrogens (primary N) is 1. The first kappa shape index (κ1) is 14.3. The monoisotopic (exact) mass is 318 g/mol. The fourth-order valence-electron chi connectivity index (χ4n) is 2.74. The van der Waals surface area contributed by atoms with Crippen molar-refractivity contribution in [3.05, 3.63) is 63.3 Å². The molecule has 0 aliphatic heterocycles. The molecule has 0 saturated heterocycles. The van der Waals surface area contributed by atoms with Gasteiger partial charge in [0.2, 0.25) is 0 Å². The summed E-state index contributed by atoms with van der Waals surface area (Å²) in [5.41, 5.74) is 11.2. The van der Waals surface area contributed by atoms with E-state index in [1.54, 1.807) is 0 Å². The van der Waals surface area contributed by atoms with Crippen molar-refractivity contribution >= 4 is 39.8 Å². The maximum atomic E-state index is 6.27. The molecule has 0 spiro atoms. The molecule has 0 radical (unpaired) electrons. The fourth-order valence-corrected chi connectivity index (χ4v) is 3.27. The normalized spacial score (nSPS) is 11.2. The van der Waals surface area contributed by atoms with E-state index in [0.717, 1.165) is 22.5 Å². The van der Waals surface area contributed by atoms with E-state index in [0.29, 0.717) is 16.5 Å². The molecule has 2 aromatic carbocycles. The summed E-state index contributed by atoms with van der Waals surface area (Å²) < 4.78 is 2.15. The predicted octanol–water partition coefficient (Wildman–Crippen LogP) is 4.97. The van der Waals surface area contributed by atoms with Crippen LogP contribution in [0.5, 0.6) is 0 Å². The van der Waals surface area contributed by atoms with Gasteiger partial charge in [-0.1, -0.05) is 29.3 Å². The van der Waals surface area contributed by atoms with Crippen LogP contribution in [-0.2, 0) is 13.5 Å². The highest BCUT2D eigenvalue weighted by molar-refractivity contribution is 6.36. The zero-order chi connectivity index (χ0) is 15.1. The van der Waals surface area contributed by atoms with Gasteiger partial charge < -0.3 is 10.3 Å². The Morgan fingerprint density at radius 1 is 1.10 bits per heavy atom. The summed E-state index contributed by atoms with van der Waals surface area (Å²) in [6.45, 7) is 2.07. The lowest BCUT2D eigenvalue weighted by Gasteiger charge is -2.08. The number of hydrogen-bond acceptors (Lipinski definition) is 1. The van der Waals surface area contributed by atoms with E-state index < -0.39 is 0 Å². The van der Waals surface area contributed by atoms with Crippen molar-refractivity contribution in [2.45, 2.75) is 13.3 Å². The maximum Gasteiger partial charge on any atom is 0.0503 e. The minimum atomic E-state index is 0.697. The number of hydrogen-bond donors (Lipinski definition) is 1. The van der Waals surface area contributed by atoms with Gasteiger partial charge in [0, 0.05) is 40.3 Å². The maximum absolute atomic E-state index is 6.27. The molecule has 0 fully saturated rings. The van der Waals surface area contributed by atoms with Gasteiger partial charge in [-0.3, -0.25) is 0 Å². The zero-order valence-electron chi connectivity index (χ0n) is 12.0. The minimum absolute atomic E-state index is 0.697. The molecule has 3 aromatic rings. The number of halogens is 2. The van der Waals surface area contributed by atoms with E-state index in [4.69, 9.17) is 28.9 Å². The second-order valence-electron chi connectivity index (χ2n) is 5.34. The molecule has 0 bridgehead atoms. The number of nitrogen functional groups attached to an aromatic ring is 1. The van der Waals surface area contributed by atoms with E-state index in [2.05, 4.69) is 17.6 Å². The second-order valence-corrected chi connectivity index (χ2v) is 6.16. The van der Waals surface area contributed by atoms with Crippen molar-refractivity contribution in [2.75, 3.05) is 5.73 Å². The van der Waals surface area contributed by atoms with Crippen LogP contribution >= 0.6 is 23.2 Å². The van der Waals surface area contributed by atoms with Gasteiger partial charge in [0.1, 0.15) is 0 Å². The smallest absolute Gasteiger partial charge is 0.0503 e. The molecule has 1 aromatic heterocycles. The summed E-state index contributed by atoms with van der Waals surface area (Å²) in [6, 6.07) is 11.8. The van der Waals surface area contributed by atoms with Crippen LogP contribution in [-0.4, -0.2) is 4.57 Å². The van der Waals surface area contributed by atoms with Gasteiger partial charge in [-0.2, -0.15) is 0 Å². The molecular formula is C17H16Cl2N2. The van der Waals surface area contributed by atoms with Gasteiger partial charge in [0.25, 0.3) is 0 Å². The van der Waals surface area contributed by atoms with Crippen LogP contribution in [0.3, 0.4) is 0 Å². The molecule has 1 heterocycles. The third-order valence-electron chi connectivity index (χ3n) is 3.91. The Hall–Kier alpha value is -1.64. The lowest BCUT2D eigenvalue weighted by molar-refractivity contribution is 0.881. The van der Waals surface area contributed by atoms with Crippen molar-refractivity contribution in [3.8, 4) is 0 Å². The highest BCUT2D eigenvalue weighted by Crippen LogP contribution is 2.30. The average Bonchev–Trinajstić information content (AvgIpc) is 2.72. The molecule has 2 N–H and O–H groups in total. The number of fused-ring (bicyclic) bond motifs is 1. The standard InChI is InChI=1S/C17H16Cl2N2/c1-10-6-11(20)7-17-13(10)8-12(21(17)2)9-14-15(18)4-3-5-16(14)19/h3-8H,9,20H2,1-2H3. The first-order valence-corrected chi connectivity index (χ1v) is 7.50. The molecular weight excluding hydrogens is 303 g/mol. The summed E-state index contributed by atoms with van der Waals surface area (Å²) in [4.78, 5) is 0. The summed E-state index contributed by atoms with van der Waals surface area (Å²) >= 11 is 12.5. The van der Waals surface area contributed by atoms with E-state index in [-0.39, 0.29) is 0 Å². The van der Waals surface area contributed by atoms with Crippen LogP contribution in [0.25, 0.3) is 10.9 Å². The number of benzene rings is 2. The lowest BCUT2D eigenvalue weighted by Crippen LogP contribution is -1.99. The molecule has 0 atom stereocenters. The number of aromatic nitrogens is 1. The van der Waals surface area contributed by atoms with Crippen molar-refractivity contribution in [3.63, 3.8) is 0 Å². The second kappa shape index (κ2) is 5.28. The molecule has 21 heavy (non-hydrogen) atoms. The Labute approximate surface area is 134 Å². The molecule has 0 aliphatic carbocycles. The first-order valence-electron chi connectivity index (χ1n) is 6.74. The zero-order valence-corrected chi connectivity index (χ0v) is 13.5. The van der Waals surface area contributed by atoms with Crippen molar-refractivity contribution in [2.24, 2.45) is 7.05 Å². The van der Waals surface area contributed by atoms with Gasteiger partial charge in [0.15, 0.2) is 0 Å². The summed E-state index contributed by atoms with van der Waals surface area (Å²) in [7, 11) is 2.04. The van der Waals surface area contributed by atoms with Crippen LogP contribution in [0.1, 0.15) is 16.8 Å². The van der Waals surface area contributed by atoms with Crippen LogP contribution in [0, 0.1) is 6.92 Å². The van der Waals surface area contributed by atoms with Crippen molar-refractivity contribution in [1.82, 2.24) is 4.57 Å². The fraction of sp³-hybridized carbons (Fsp3) is 0.176. The van der Waals surface area contributed by atoms with Crippen molar-refractivity contribution in [1.29, 1.82) is 0 Å². The van der Waals surface area contributed by atoms with Crippen LogP contribution in [0.2, 0.25) is 10.0 Å². The van der Waals surface area contributed by atoms with Crippen LogP contribution in [0.4, 0.5) is 5.69 Å². The van der Waals surface area contributed by atoms with E-state index in [1.807, 2.05) is 37.4 Å². The number of aryl methyl sites for hydroxylation is 2. The SMILES string of the molecule is Cc1cc(N)cc2c1cc(Cc1c(Cl)cccc1Cl)n2C. The molecule has 0 saturated carbocycles. The number of rotatable bonds is 2. The number of anilines is 1. The Kier molecular flexibility index (Phi) is 3.60. The van der Waals surface area contributed by atoms with Gasteiger partial charge in [-0.25, -0.2) is 0 Å². The molecule has 4 heteroatoms. The molecule has 0 aliphatic rings. The third kappa shape index (κ3) is 2.50. The Morgan fingerprint density at radius 3 is 2.43 bits per heavy atom. The molecule has 108 valence electrons. The summed E-state index contributed by atoms with van der Waals surface area (Å²) in [5.74, 6) is 0. The number of nitrogens with zero attached hydrogens (tertiary/aromatic N) is 1. The predicted molar refractivity (Wildman–Crippen MR) is 91.3 cm³/mol. The van der Waals surface area contributed by atoms with Gasteiger partial charge in [0.05, 0.1) is 5.52 Å². The van der Waals surface area contributed by atoms with Gasteiger partial charge in [-0.05, 0) is 48.4 Å². The highest BCUT2D eigenvalue weighted by Gasteiger charge is 2.12. The molecule has 3 rings (SSSR count). The molecule has 2 nitrogen and oxygen atoms in total. The van der Waals surface area contributed by atoms with E-state index >= 15 is 0 Å². The van der Waals surface area contributed by atoms with Gasteiger partial charge in [-0.15, -0.1) is 0 Å². The summed E-state index contributed by atoms with van der Waals surface area (Å²) in [5, 5.41) is 2.61. The van der Waals surface area contributed by atoms with Gasteiger partial charge >= 0.3 is 0 Å². The lowest BCUT2D eigenvalue weighted by atomic mass is 10.1. The largest absolute Gasteiger partial charge is 0.399 e. The molecule has 0 unspecified atom stereocenters. The topological polar surface area (TPSA) is 30.9 Å². The highest BCUT2D eigenvalue weighted by atomic mass is 35.5. The van der Waals surface area contributed by atoms with E-state index in [1.165, 1.54) is 10.9 Å². The Morgan fingerprint density at radius 2 is 1.76 bits per heavy atom. The third-order valence-corrected chi connectivity index (χ3v) is 4.62. The average molecular weight is 319 g/mol. The first-order chi connectivity index (χ1) is 9.97. The van der Waals surface area contributed by atoms with Crippen molar-refractivity contribution < 1.29 is 0 Å². The summed E-state index contributed by atoms with van der Waals surface area (Å²) in [6.07, 6.45) is 0.697. The quantitative estimate of drug-likeness (QED) is 0.665. The minimum Gasteiger partial charge on any atom is -0.399 e.